The van der Waals surface area contributed by atoms with Crippen LogP contribution in [0, 0.1) is 39.0 Å². The van der Waals surface area contributed by atoms with Gasteiger partial charge in [-0.05, 0) is 86.4 Å². The summed E-state index contributed by atoms with van der Waals surface area (Å²) in [6, 6.07) is 14.9. The molecular formula is C25H21N4O2-. The van der Waals surface area contributed by atoms with Gasteiger partial charge in [-0.3, -0.25) is 0 Å². The molecule has 0 saturated carbocycles. The number of nitrogens with one attached hydrogen (secondary N) is 1. The zero-order valence-corrected chi connectivity index (χ0v) is 17.8. The molecule has 2 aromatic carbocycles. The SMILES string of the molecule is Cc1cc2nc(/C(C#N)=C/c3cc(C)n(-c4ccc(C(=O)[O-])cc4)c3C)[nH]c2cc1C. The molecule has 4 aromatic rings. The molecule has 0 atom stereocenters. The molecule has 0 spiro atoms. The van der Waals surface area contributed by atoms with Crippen molar-refractivity contribution in [3.05, 3.63) is 81.9 Å². The van der Waals surface area contributed by atoms with Crippen molar-refractivity contribution in [2.24, 2.45) is 0 Å². The van der Waals surface area contributed by atoms with Gasteiger partial charge in [-0.1, -0.05) is 12.1 Å². The van der Waals surface area contributed by atoms with Crippen LogP contribution in [0.1, 0.15) is 44.3 Å². The number of hydrogen-bond acceptors (Lipinski definition) is 4. The Bertz CT molecular complexity index is 1360. The molecular weight excluding hydrogens is 388 g/mol. The summed E-state index contributed by atoms with van der Waals surface area (Å²) in [7, 11) is 0. The van der Waals surface area contributed by atoms with Crippen LogP contribution in [-0.2, 0) is 0 Å². The molecule has 0 amide bonds. The molecule has 31 heavy (non-hydrogen) atoms. The number of nitriles is 1. The first-order chi connectivity index (χ1) is 14.8. The third-order valence-electron chi connectivity index (χ3n) is 5.60. The van der Waals surface area contributed by atoms with Gasteiger partial charge >= 0.3 is 0 Å². The van der Waals surface area contributed by atoms with E-state index in [1.54, 1.807) is 12.1 Å². The highest BCUT2D eigenvalue weighted by Gasteiger charge is 2.13. The molecule has 0 saturated heterocycles. The second-order valence-corrected chi connectivity index (χ2v) is 7.71. The summed E-state index contributed by atoms with van der Waals surface area (Å²) in [5, 5.41) is 20.8. The van der Waals surface area contributed by atoms with Crippen LogP contribution < -0.4 is 5.11 Å². The first-order valence-corrected chi connectivity index (χ1v) is 9.88. The van der Waals surface area contributed by atoms with Crippen molar-refractivity contribution in [3.8, 4) is 11.8 Å². The maximum absolute atomic E-state index is 11.0. The zero-order valence-electron chi connectivity index (χ0n) is 17.8. The second-order valence-electron chi connectivity index (χ2n) is 7.71. The van der Waals surface area contributed by atoms with E-state index in [-0.39, 0.29) is 5.56 Å². The van der Waals surface area contributed by atoms with Crippen LogP contribution in [0.2, 0.25) is 0 Å². The monoisotopic (exact) mass is 409 g/mol. The summed E-state index contributed by atoms with van der Waals surface area (Å²) in [6.07, 6.45) is 1.83. The average molecular weight is 409 g/mol. The number of aromatic amines is 1. The lowest BCUT2D eigenvalue weighted by molar-refractivity contribution is -0.255. The number of imidazole rings is 1. The van der Waals surface area contributed by atoms with Crippen molar-refractivity contribution in [2.75, 3.05) is 0 Å². The lowest BCUT2D eigenvalue weighted by atomic mass is 10.1. The fourth-order valence-corrected chi connectivity index (χ4v) is 3.78. The number of nitrogens with zero attached hydrogens (tertiary/aromatic N) is 3. The highest BCUT2D eigenvalue weighted by molar-refractivity contribution is 5.91. The topological polar surface area (TPSA) is 97.5 Å². The van der Waals surface area contributed by atoms with E-state index in [0.717, 1.165) is 39.2 Å². The number of fused-ring (bicyclic) bond motifs is 1. The predicted octanol–water partition coefficient (Wildman–Crippen LogP) is 4.01. The van der Waals surface area contributed by atoms with Crippen LogP contribution in [0.5, 0.6) is 0 Å². The molecule has 4 rings (SSSR count). The molecule has 6 nitrogen and oxygen atoms in total. The number of benzene rings is 2. The third-order valence-corrected chi connectivity index (χ3v) is 5.60. The van der Waals surface area contributed by atoms with E-state index in [1.807, 2.05) is 56.5 Å². The molecule has 1 N–H and O–H groups in total. The van der Waals surface area contributed by atoms with Crippen molar-refractivity contribution in [2.45, 2.75) is 27.7 Å². The predicted molar refractivity (Wildman–Crippen MR) is 119 cm³/mol. The van der Waals surface area contributed by atoms with Crippen molar-refractivity contribution in [1.29, 1.82) is 5.26 Å². The number of aromatic carboxylic acids is 1. The van der Waals surface area contributed by atoms with E-state index in [2.05, 4.69) is 16.0 Å². The Balaban J connectivity index is 1.76. The van der Waals surface area contributed by atoms with Gasteiger partial charge in [-0.15, -0.1) is 0 Å². The largest absolute Gasteiger partial charge is 0.545 e. The maximum Gasteiger partial charge on any atom is 0.149 e. The molecule has 0 aliphatic rings. The Morgan fingerprint density at radius 3 is 2.42 bits per heavy atom. The van der Waals surface area contributed by atoms with Crippen LogP contribution in [0.25, 0.3) is 28.4 Å². The summed E-state index contributed by atoms with van der Waals surface area (Å²) in [5.41, 5.74) is 8.27. The summed E-state index contributed by atoms with van der Waals surface area (Å²) < 4.78 is 2.02. The number of aryl methyl sites for hydroxylation is 3. The number of aromatic nitrogens is 3. The Morgan fingerprint density at radius 1 is 1.10 bits per heavy atom. The first kappa shape index (κ1) is 20.2. The van der Waals surface area contributed by atoms with Gasteiger partial charge < -0.3 is 19.5 Å². The molecule has 0 fully saturated rings. The van der Waals surface area contributed by atoms with Gasteiger partial charge in [-0.25, -0.2) is 4.98 Å². The van der Waals surface area contributed by atoms with Crippen molar-refractivity contribution >= 4 is 28.7 Å². The van der Waals surface area contributed by atoms with E-state index < -0.39 is 5.97 Å². The fraction of sp³-hybridized carbons (Fsp3) is 0.160. The van der Waals surface area contributed by atoms with Crippen molar-refractivity contribution in [1.82, 2.24) is 14.5 Å². The molecule has 154 valence electrons. The van der Waals surface area contributed by atoms with Gasteiger partial charge in [-0.2, -0.15) is 5.26 Å². The van der Waals surface area contributed by atoms with E-state index >= 15 is 0 Å². The molecule has 0 aliphatic carbocycles. The number of H-pyrrole nitrogens is 1. The maximum atomic E-state index is 11.0. The Morgan fingerprint density at radius 2 is 1.77 bits per heavy atom. The Labute approximate surface area is 180 Å². The number of carbonyl (C=O) groups excluding carboxylic acids is 1. The lowest BCUT2D eigenvalue weighted by Gasteiger charge is -2.11. The minimum atomic E-state index is -1.20. The minimum absolute atomic E-state index is 0.133. The summed E-state index contributed by atoms with van der Waals surface area (Å²) in [4.78, 5) is 18.9. The lowest BCUT2D eigenvalue weighted by Crippen LogP contribution is -2.22. The molecule has 0 bridgehead atoms. The Kier molecular flexibility index (Phi) is 4.96. The molecule has 0 aliphatic heterocycles. The summed E-state index contributed by atoms with van der Waals surface area (Å²) >= 11 is 0. The van der Waals surface area contributed by atoms with Gasteiger partial charge in [0.05, 0.1) is 22.6 Å². The van der Waals surface area contributed by atoms with E-state index in [4.69, 9.17) is 0 Å². The van der Waals surface area contributed by atoms with E-state index in [1.165, 1.54) is 17.7 Å². The van der Waals surface area contributed by atoms with Crippen LogP contribution in [-0.4, -0.2) is 20.5 Å². The van der Waals surface area contributed by atoms with Crippen LogP contribution >= 0.6 is 0 Å². The Hall–Kier alpha value is -4.11. The van der Waals surface area contributed by atoms with Gasteiger partial charge in [0.15, 0.2) is 0 Å². The normalized spacial score (nSPS) is 11.6. The second kappa shape index (κ2) is 7.62. The van der Waals surface area contributed by atoms with Crippen LogP contribution in [0.3, 0.4) is 0 Å². The summed E-state index contributed by atoms with van der Waals surface area (Å²) in [5.74, 6) is -0.670. The smallest absolute Gasteiger partial charge is 0.149 e. The highest BCUT2D eigenvalue weighted by Crippen LogP contribution is 2.26. The fourth-order valence-electron chi connectivity index (χ4n) is 3.78. The van der Waals surface area contributed by atoms with Gasteiger partial charge in [0, 0.05) is 17.1 Å². The standard InChI is InChI=1S/C25H22N4O2/c1-14-9-22-23(10-15(14)2)28-24(27-22)20(13-26)12-19-11-16(3)29(17(19)4)21-7-5-18(6-8-21)25(30)31/h5-12H,1-4H3,(H,27,28)(H,30,31)/p-1/b20-12+. The van der Waals surface area contributed by atoms with Crippen LogP contribution in [0.4, 0.5) is 0 Å². The molecule has 2 heterocycles. The number of carboxylic acid groups (broad SMARTS) is 1. The van der Waals surface area contributed by atoms with Gasteiger partial charge in [0.25, 0.3) is 0 Å². The van der Waals surface area contributed by atoms with E-state index in [9.17, 15) is 15.2 Å². The first-order valence-electron chi connectivity index (χ1n) is 9.88. The number of carbonyl (C=O) groups is 1. The number of carboxylic acids is 1. The van der Waals surface area contributed by atoms with Gasteiger partial charge in [0.1, 0.15) is 11.9 Å². The van der Waals surface area contributed by atoms with Crippen molar-refractivity contribution < 1.29 is 9.90 Å². The summed E-state index contributed by atoms with van der Waals surface area (Å²) in [6.45, 7) is 8.02. The van der Waals surface area contributed by atoms with E-state index in [0.29, 0.717) is 11.4 Å². The molecule has 0 unspecified atom stereocenters. The third kappa shape index (κ3) is 3.62. The molecule has 6 heteroatoms. The number of hydrogen-bond donors (Lipinski definition) is 1. The molecule has 0 radical (unpaired) electrons. The average Bonchev–Trinajstić information content (AvgIpc) is 3.26. The van der Waals surface area contributed by atoms with Crippen molar-refractivity contribution in [3.63, 3.8) is 0 Å². The number of allylic oxidation sites excluding steroid dienone is 1. The van der Waals surface area contributed by atoms with Gasteiger partial charge in [0.2, 0.25) is 0 Å². The highest BCUT2D eigenvalue weighted by atomic mass is 16.4. The quantitative estimate of drug-likeness (QED) is 0.515. The molecule has 2 aromatic heterocycles. The number of rotatable bonds is 4. The zero-order chi connectivity index (χ0) is 22.3. The van der Waals surface area contributed by atoms with Crippen LogP contribution in [0.15, 0.2) is 42.5 Å². The minimum Gasteiger partial charge on any atom is -0.545 e.